The summed E-state index contributed by atoms with van der Waals surface area (Å²) in [5.41, 5.74) is 1.16. The summed E-state index contributed by atoms with van der Waals surface area (Å²) in [4.78, 5) is 0. The number of aliphatic hydroxyl groups excluding tert-OH is 1. The van der Waals surface area contributed by atoms with Gasteiger partial charge in [0, 0.05) is 6.04 Å². The Hall–Kier alpha value is -1.10. The molecule has 108 valence electrons. The Labute approximate surface area is 115 Å². The van der Waals surface area contributed by atoms with Crippen LogP contribution in [0.25, 0.3) is 0 Å². The summed E-state index contributed by atoms with van der Waals surface area (Å²) in [5, 5.41) is 12.9. The number of hydrogen-bond donors (Lipinski definition) is 2. The Morgan fingerprint density at radius 2 is 1.95 bits per heavy atom. The highest BCUT2D eigenvalue weighted by Gasteiger charge is 2.08. The zero-order chi connectivity index (χ0) is 14.3. The van der Waals surface area contributed by atoms with Crippen molar-refractivity contribution >= 4 is 0 Å². The molecule has 0 spiro atoms. The topological polar surface area (TPSA) is 50.7 Å². The van der Waals surface area contributed by atoms with Gasteiger partial charge in [-0.25, -0.2) is 0 Å². The van der Waals surface area contributed by atoms with Gasteiger partial charge in [-0.2, -0.15) is 0 Å². The minimum Gasteiger partial charge on any atom is -0.491 e. The maximum Gasteiger partial charge on any atom is 0.119 e. The molecule has 4 nitrogen and oxygen atoms in total. The fraction of sp³-hybridized carbons (Fsp3) is 0.600. The van der Waals surface area contributed by atoms with E-state index < -0.39 is 6.10 Å². The predicted molar refractivity (Wildman–Crippen MR) is 76.5 cm³/mol. The highest BCUT2D eigenvalue weighted by Crippen LogP contribution is 2.18. The first-order valence-corrected chi connectivity index (χ1v) is 6.72. The number of aliphatic hydroxyl groups is 1. The summed E-state index contributed by atoms with van der Waals surface area (Å²) in [6, 6.07) is 8.15. The van der Waals surface area contributed by atoms with Gasteiger partial charge in [-0.1, -0.05) is 12.1 Å². The normalized spacial score (nSPS) is 14.4. The van der Waals surface area contributed by atoms with Crippen LogP contribution in [-0.4, -0.2) is 37.6 Å². The third kappa shape index (κ3) is 6.05. The van der Waals surface area contributed by atoms with Gasteiger partial charge >= 0.3 is 0 Å². The second-order valence-corrected chi connectivity index (χ2v) is 4.93. The van der Waals surface area contributed by atoms with E-state index in [0.29, 0.717) is 6.61 Å². The molecular weight excluding hydrogens is 242 g/mol. The van der Waals surface area contributed by atoms with Gasteiger partial charge in [0.1, 0.15) is 18.5 Å². The minimum atomic E-state index is -0.604. The molecule has 19 heavy (non-hydrogen) atoms. The smallest absolute Gasteiger partial charge is 0.119 e. The number of hydrogen-bond acceptors (Lipinski definition) is 4. The van der Waals surface area contributed by atoms with Crippen molar-refractivity contribution in [2.24, 2.45) is 0 Å². The van der Waals surface area contributed by atoms with Crippen LogP contribution in [0.15, 0.2) is 24.3 Å². The van der Waals surface area contributed by atoms with Crippen molar-refractivity contribution in [1.82, 2.24) is 5.32 Å². The summed E-state index contributed by atoms with van der Waals surface area (Å²) in [6.45, 7) is 6.51. The van der Waals surface area contributed by atoms with Crippen molar-refractivity contribution in [3.63, 3.8) is 0 Å². The van der Waals surface area contributed by atoms with Gasteiger partial charge in [0.15, 0.2) is 0 Å². The lowest BCUT2D eigenvalue weighted by molar-refractivity contribution is -0.0122. The van der Waals surface area contributed by atoms with Crippen molar-refractivity contribution in [3.05, 3.63) is 29.8 Å². The van der Waals surface area contributed by atoms with Crippen molar-refractivity contribution in [2.45, 2.75) is 39.0 Å². The monoisotopic (exact) mass is 267 g/mol. The molecule has 0 saturated carbocycles. The van der Waals surface area contributed by atoms with E-state index in [1.54, 1.807) is 0 Å². The van der Waals surface area contributed by atoms with Crippen LogP contribution in [0.1, 0.15) is 32.4 Å². The first-order valence-electron chi connectivity index (χ1n) is 6.72. The molecule has 4 heteroatoms. The van der Waals surface area contributed by atoms with E-state index in [9.17, 15) is 5.11 Å². The Morgan fingerprint density at radius 3 is 2.58 bits per heavy atom. The molecule has 1 aromatic carbocycles. The third-order valence-corrected chi connectivity index (χ3v) is 2.86. The highest BCUT2D eigenvalue weighted by molar-refractivity contribution is 5.30. The average molecular weight is 267 g/mol. The zero-order valence-corrected chi connectivity index (χ0v) is 12.2. The predicted octanol–water partition coefficient (Wildman–Crippen LogP) is 2.13. The largest absolute Gasteiger partial charge is 0.491 e. The molecular formula is C15H25NO3. The Morgan fingerprint density at radius 1 is 1.21 bits per heavy atom. The second-order valence-electron chi connectivity index (χ2n) is 4.93. The van der Waals surface area contributed by atoms with Crippen LogP contribution in [0.5, 0.6) is 5.75 Å². The molecule has 0 bridgehead atoms. The van der Waals surface area contributed by atoms with Crippen LogP contribution in [0.3, 0.4) is 0 Å². The van der Waals surface area contributed by atoms with Crippen molar-refractivity contribution in [3.8, 4) is 5.75 Å². The second kappa shape index (κ2) is 8.15. The molecule has 0 amide bonds. The van der Waals surface area contributed by atoms with Crippen LogP contribution >= 0.6 is 0 Å². The van der Waals surface area contributed by atoms with Crippen molar-refractivity contribution < 1.29 is 14.6 Å². The van der Waals surface area contributed by atoms with E-state index >= 15 is 0 Å². The number of benzene rings is 1. The Kier molecular flexibility index (Phi) is 6.84. The van der Waals surface area contributed by atoms with Crippen LogP contribution < -0.4 is 10.1 Å². The van der Waals surface area contributed by atoms with Gasteiger partial charge in [0.05, 0.1) is 12.7 Å². The lowest BCUT2D eigenvalue weighted by Crippen LogP contribution is -2.25. The molecule has 0 radical (unpaired) electrons. The fourth-order valence-electron chi connectivity index (χ4n) is 1.58. The van der Waals surface area contributed by atoms with E-state index in [1.807, 2.05) is 45.2 Å². The maximum absolute atomic E-state index is 9.72. The summed E-state index contributed by atoms with van der Waals surface area (Å²) in [7, 11) is 1.92. The van der Waals surface area contributed by atoms with Gasteiger partial charge in [-0.15, -0.1) is 0 Å². The quantitative estimate of drug-likeness (QED) is 0.757. The van der Waals surface area contributed by atoms with Crippen LogP contribution in [0.4, 0.5) is 0 Å². The number of nitrogens with one attached hydrogen (secondary N) is 1. The van der Waals surface area contributed by atoms with Crippen LogP contribution in [0.2, 0.25) is 0 Å². The fourth-order valence-corrected chi connectivity index (χ4v) is 1.58. The molecule has 2 atom stereocenters. The average Bonchev–Trinajstić information content (AvgIpc) is 2.42. The minimum absolute atomic E-state index is 0.120. The van der Waals surface area contributed by atoms with Crippen molar-refractivity contribution in [1.29, 1.82) is 0 Å². The van der Waals surface area contributed by atoms with Crippen molar-refractivity contribution in [2.75, 3.05) is 20.3 Å². The lowest BCUT2D eigenvalue weighted by Gasteiger charge is -2.16. The highest BCUT2D eigenvalue weighted by atomic mass is 16.5. The zero-order valence-electron chi connectivity index (χ0n) is 12.2. The SMILES string of the molecule is CNC(C)c1cccc(OCC(O)COC(C)C)c1. The molecule has 0 aliphatic carbocycles. The van der Waals surface area contributed by atoms with E-state index in [2.05, 4.69) is 12.2 Å². The summed E-state index contributed by atoms with van der Waals surface area (Å²) < 4.78 is 10.9. The summed E-state index contributed by atoms with van der Waals surface area (Å²) >= 11 is 0. The molecule has 1 aromatic rings. The molecule has 0 saturated heterocycles. The number of ether oxygens (including phenoxy) is 2. The first kappa shape index (κ1) is 16.0. The molecule has 1 rings (SSSR count). The van der Waals surface area contributed by atoms with Gasteiger partial charge in [0.25, 0.3) is 0 Å². The van der Waals surface area contributed by atoms with Gasteiger partial charge in [-0.3, -0.25) is 0 Å². The molecule has 0 heterocycles. The summed E-state index contributed by atoms with van der Waals surface area (Å²) in [6.07, 6.45) is -0.484. The van der Waals surface area contributed by atoms with E-state index in [-0.39, 0.29) is 18.8 Å². The van der Waals surface area contributed by atoms with E-state index in [0.717, 1.165) is 11.3 Å². The summed E-state index contributed by atoms with van der Waals surface area (Å²) in [5.74, 6) is 0.767. The third-order valence-electron chi connectivity index (χ3n) is 2.86. The standard InChI is InChI=1S/C15H25NO3/c1-11(2)18-9-14(17)10-19-15-7-5-6-13(8-15)12(3)16-4/h5-8,11-12,14,16-17H,9-10H2,1-4H3. The number of rotatable bonds is 8. The molecule has 0 aromatic heterocycles. The molecule has 2 N–H and O–H groups in total. The van der Waals surface area contributed by atoms with Gasteiger partial charge in [-0.05, 0) is 45.5 Å². The van der Waals surface area contributed by atoms with Crippen LogP contribution in [-0.2, 0) is 4.74 Å². The maximum atomic E-state index is 9.72. The molecule has 2 unspecified atom stereocenters. The molecule has 0 aliphatic heterocycles. The van der Waals surface area contributed by atoms with Gasteiger partial charge in [0.2, 0.25) is 0 Å². The van der Waals surface area contributed by atoms with E-state index in [4.69, 9.17) is 9.47 Å². The van der Waals surface area contributed by atoms with Gasteiger partial charge < -0.3 is 19.9 Å². The van der Waals surface area contributed by atoms with E-state index in [1.165, 1.54) is 0 Å². The Balaban J connectivity index is 2.44. The lowest BCUT2D eigenvalue weighted by atomic mass is 10.1. The molecule has 0 fully saturated rings. The first-order chi connectivity index (χ1) is 9.02. The molecule has 0 aliphatic rings. The Bertz CT molecular complexity index is 368. The van der Waals surface area contributed by atoms with Crippen LogP contribution in [0, 0.1) is 0 Å².